The van der Waals surface area contributed by atoms with Gasteiger partial charge in [0, 0.05) is 38.9 Å². The van der Waals surface area contributed by atoms with E-state index < -0.39 is 12.2 Å². The number of amides is 2. The van der Waals surface area contributed by atoms with Crippen LogP contribution in [0.25, 0.3) is 0 Å². The Morgan fingerprint density at radius 1 is 1.00 bits per heavy atom. The molecule has 1 aliphatic heterocycles. The van der Waals surface area contributed by atoms with Crippen molar-refractivity contribution in [2.24, 2.45) is 0 Å². The minimum atomic E-state index is -0.427. The topological polar surface area (TPSA) is 59.1 Å². The van der Waals surface area contributed by atoms with Crippen molar-refractivity contribution in [2.45, 2.75) is 65.7 Å². The van der Waals surface area contributed by atoms with Crippen molar-refractivity contribution >= 4 is 11.8 Å². The van der Waals surface area contributed by atoms with Gasteiger partial charge in [0.15, 0.2) is 0 Å². The van der Waals surface area contributed by atoms with Crippen molar-refractivity contribution in [3.63, 3.8) is 0 Å². The molecule has 1 rings (SSSR count). The van der Waals surface area contributed by atoms with E-state index in [0.717, 1.165) is 12.8 Å². The number of carbonyl (C=O) groups is 2. The molecule has 134 valence electrons. The van der Waals surface area contributed by atoms with E-state index in [2.05, 4.69) is 6.92 Å². The maximum atomic E-state index is 12.6. The fourth-order valence-electron chi connectivity index (χ4n) is 3.06. The van der Waals surface area contributed by atoms with Crippen LogP contribution in [-0.2, 0) is 19.1 Å². The van der Waals surface area contributed by atoms with Gasteiger partial charge >= 0.3 is 0 Å². The molecule has 1 aliphatic rings. The van der Waals surface area contributed by atoms with E-state index >= 15 is 0 Å². The number of ether oxygens (including phenoxy) is 2. The standard InChI is InChI=1S/C17H32N2O4/c1-6-9-15-12-18(16(20)13(4)22-7-2)10-11-19(15)17(21)14(5)23-8-3/h13-15H,6-12H2,1-5H3/t13-,14+,15+/m0/s1. The van der Waals surface area contributed by atoms with Crippen molar-refractivity contribution in [2.75, 3.05) is 32.8 Å². The molecule has 0 saturated carbocycles. The summed E-state index contributed by atoms with van der Waals surface area (Å²) in [5, 5.41) is 0. The van der Waals surface area contributed by atoms with Crippen LogP contribution in [0.1, 0.15) is 47.5 Å². The summed E-state index contributed by atoms with van der Waals surface area (Å²) in [6, 6.07) is 0.0573. The Morgan fingerprint density at radius 3 is 2.09 bits per heavy atom. The number of nitrogens with zero attached hydrogens (tertiary/aromatic N) is 2. The van der Waals surface area contributed by atoms with Crippen LogP contribution in [0.2, 0.25) is 0 Å². The van der Waals surface area contributed by atoms with E-state index in [1.54, 1.807) is 13.8 Å². The van der Waals surface area contributed by atoms with Crippen LogP contribution in [0.5, 0.6) is 0 Å². The average molecular weight is 328 g/mol. The smallest absolute Gasteiger partial charge is 0.251 e. The second-order valence-corrected chi connectivity index (χ2v) is 5.95. The molecule has 0 aliphatic carbocycles. The van der Waals surface area contributed by atoms with Gasteiger partial charge < -0.3 is 19.3 Å². The van der Waals surface area contributed by atoms with E-state index in [-0.39, 0.29) is 17.9 Å². The Bertz CT molecular complexity index is 389. The van der Waals surface area contributed by atoms with Gasteiger partial charge in [-0.3, -0.25) is 9.59 Å². The van der Waals surface area contributed by atoms with Gasteiger partial charge in [-0.1, -0.05) is 13.3 Å². The second-order valence-electron chi connectivity index (χ2n) is 5.95. The highest BCUT2D eigenvalue weighted by Crippen LogP contribution is 2.18. The van der Waals surface area contributed by atoms with Gasteiger partial charge in [-0.2, -0.15) is 0 Å². The van der Waals surface area contributed by atoms with Gasteiger partial charge in [0.1, 0.15) is 12.2 Å². The molecule has 1 saturated heterocycles. The number of hydrogen-bond donors (Lipinski definition) is 0. The van der Waals surface area contributed by atoms with Crippen LogP contribution in [0.3, 0.4) is 0 Å². The van der Waals surface area contributed by atoms with Gasteiger partial charge in [-0.05, 0) is 34.1 Å². The summed E-state index contributed by atoms with van der Waals surface area (Å²) >= 11 is 0. The third kappa shape index (κ3) is 5.46. The van der Waals surface area contributed by atoms with E-state index in [9.17, 15) is 9.59 Å². The zero-order valence-corrected chi connectivity index (χ0v) is 15.2. The fourth-order valence-corrected chi connectivity index (χ4v) is 3.06. The first-order valence-electron chi connectivity index (χ1n) is 8.78. The van der Waals surface area contributed by atoms with Crippen molar-refractivity contribution in [1.29, 1.82) is 0 Å². The Balaban J connectivity index is 2.73. The minimum absolute atomic E-state index is 0.0120. The third-order valence-corrected chi connectivity index (χ3v) is 4.23. The summed E-state index contributed by atoms with van der Waals surface area (Å²) in [5.41, 5.74) is 0. The van der Waals surface area contributed by atoms with Gasteiger partial charge in [0.2, 0.25) is 0 Å². The van der Waals surface area contributed by atoms with Gasteiger partial charge in [-0.25, -0.2) is 0 Å². The lowest BCUT2D eigenvalue weighted by Gasteiger charge is -2.43. The molecule has 1 fully saturated rings. The molecule has 0 spiro atoms. The number of carbonyl (C=O) groups excluding carboxylic acids is 2. The molecule has 23 heavy (non-hydrogen) atoms. The lowest BCUT2D eigenvalue weighted by atomic mass is 10.0. The Morgan fingerprint density at radius 2 is 1.57 bits per heavy atom. The van der Waals surface area contributed by atoms with Crippen LogP contribution in [-0.4, -0.2) is 72.7 Å². The van der Waals surface area contributed by atoms with E-state index in [1.807, 2.05) is 23.6 Å². The molecular formula is C17H32N2O4. The minimum Gasteiger partial charge on any atom is -0.369 e. The number of rotatable bonds is 8. The first-order chi connectivity index (χ1) is 11.0. The Kier molecular flexibility index (Phi) is 8.55. The van der Waals surface area contributed by atoms with Crippen molar-refractivity contribution in [3.05, 3.63) is 0 Å². The molecule has 0 aromatic carbocycles. The average Bonchev–Trinajstić information content (AvgIpc) is 2.54. The maximum Gasteiger partial charge on any atom is 0.251 e. The summed E-state index contributed by atoms with van der Waals surface area (Å²) in [4.78, 5) is 28.7. The lowest BCUT2D eigenvalue weighted by Crippen LogP contribution is -2.59. The maximum absolute atomic E-state index is 12.6. The summed E-state index contributed by atoms with van der Waals surface area (Å²) in [5.74, 6) is 0.0353. The molecular weight excluding hydrogens is 296 g/mol. The summed E-state index contributed by atoms with van der Waals surface area (Å²) in [6.45, 7) is 12.2. The highest BCUT2D eigenvalue weighted by atomic mass is 16.5. The molecule has 3 atom stereocenters. The molecule has 2 amide bonds. The highest BCUT2D eigenvalue weighted by molar-refractivity contribution is 5.83. The van der Waals surface area contributed by atoms with E-state index in [1.165, 1.54) is 0 Å². The normalized spacial score (nSPS) is 21.2. The molecule has 0 radical (unpaired) electrons. The van der Waals surface area contributed by atoms with Crippen LogP contribution in [0.4, 0.5) is 0 Å². The summed E-state index contributed by atoms with van der Waals surface area (Å²) in [6.07, 6.45) is 1.01. The molecule has 6 heteroatoms. The molecule has 0 aromatic rings. The van der Waals surface area contributed by atoms with Gasteiger partial charge in [0.25, 0.3) is 11.8 Å². The molecule has 1 heterocycles. The van der Waals surface area contributed by atoms with Crippen molar-refractivity contribution in [1.82, 2.24) is 9.80 Å². The third-order valence-electron chi connectivity index (χ3n) is 4.23. The van der Waals surface area contributed by atoms with Crippen LogP contribution in [0, 0.1) is 0 Å². The largest absolute Gasteiger partial charge is 0.369 e. The monoisotopic (exact) mass is 328 g/mol. The molecule has 0 unspecified atom stereocenters. The van der Waals surface area contributed by atoms with Crippen LogP contribution < -0.4 is 0 Å². The van der Waals surface area contributed by atoms with Crippen molar-refractivity contribution < 1.29 is 19.1 Å². The molecule has 0 bridgehead atoms. The number of hydrogen-bond acceptors (Lipinski definition) is 4. The van der Waals surface area contributed by atoms with Crippen LogP contribution >= 0.6 is 0 Å². The SMILES string of the molecule is CCC[C@@H]1CN(C(=O)[C@H](C)OCC)CCN1C(=O)[C@@H](C)OCC. The predicted octanol–water partition coefficient (Wildman–Crippen LogP) is 1.68. The predicted molar refractivity (Wildman–Crippen MR) is 89.2 cm³/mol. The highest BCUT2D eigenvalue weighted by Gasteiger charge is 2.35. The molecule has 0 N–H and O–H groups in total. The van der Waals surface area contributed by atoms with Gasteiger partial charge in [-0.15, -0.1) is 0 Å². The van der Waals surface area contributed by atoms with E-state index in [4.69, 9.17) is 9.47 Å². The Labute approximate surface area is 140 Å². The van der Waals surface area contributed by atoms with Crippen LogP contribution in [0.15, 0.2) is 0 Å². The summed E-state index contributed by atoms with van der Waals surface area (Å²) < 4.78 is 10.8. The van der Waals surface area contributed by atoms with Gasteiger partial charge in [0.05, 0.1) is 0 Å². The fraction of sp³-hybridized carbons (Fsp3) is 0.882. The van der Waals surface area contributed by atoms with E-state index in [0.29, 0.717) is 32.8 Å². The first-order valence-corrected chi connectivity index (χ1v) is 8.78. The zero-order chi connectivity index (χ0) is 17.4. The van der Waals surface area contributed by atoms with Crippen molar-refractivity contribution in [3.8, 4) is 0 Å². The quantitative estimate of drug-likeness (QED) is 0.680. The number of piperazine rings is 1. The second kappa shape index (κ2) is 9.88. The molecule has 0 aromatic heterocycles. The molecule has 6 nitrogen and oxygen atoms in total. The summed E-state index contributed by atoms with van der Waals surface area (Å²) in [7, 11) is 0. The zero-order valence-electron chi connectivity index (χ0n) is 15.2. The lowest BCUT2D eigenvalue weighted by molar-refractivity contribution is -0.154. The Hall–Kier alpha value is -1.14. The first kappa shape index (κ1) is 19.9.